The van der Waals surface area contributed by atoms with Crippen LogP contribution in [0.3, 0.4) is 0 Å². The van der Waals surface area contributed by atoms with E-state index >= 15 is 0 Å². The van der Waals surface area contributed by atoms with E-state index in [0.29, 0.717) is 5.69 Å². The molecule has 16 heavy (non-hydrogen) atoms. The topological polar surface area (TPSA) is 101 Å². The zero-order valence-electron chi connectivity index (χ0n) is 8.21. The van der Waals surface area contributed by atoms with Crippen LogP contribution in [0.15, 0.2) is 41.6 Å². The number of nitrogens with one attached hydrogen (secondary N) is 2. The van der Waals surface area contributed by atoms with Crippen LogP contribution in [-0.2, 0) is 10.0 Å². The summed E-state index contributed by atoms with van der Waals surface area (Å²) in [6.07, 6.45) is 2.81. The third-order valence-corrected chi connectivity index (χ3v) is 3.41. The molecule has 0 fully saturated rings. The van der Waals surface area contributed by atoms with Crippen LogP contribution in [0, 0.1) is 0 Å². The molecule has 0 saturated carbocycles. The molecule has 0 atom stereocenters. The molecule has 1 heterocycles. The van der Waals surface area contributed by atoms with E-state index in [4.69, 9.17) is 5.73 Å². The number of benzene rings is 1. The van der Waals surface area contributed by atoms with E-state index in [2.05, 4.69) is 14.9 Å². The summed E-state index contributed by atoms with van der Waals surface area (Å²) in [5.41, 5.74) is 6.16. The Hall–Kier alpha value is -2.02. The Kier molecular flexibility index (Phi) is 2.53. The molecule has 0 radical (unpaired) electrons. The van der Waals surface area contributed by atoms with Gasteiger partial charge in [-0.05, 0) is 12.1 Å². The van der Waals surface area contributed by atoms with Crippen LogP contribution >= 0.6 is 0 Å². The summed E-state index contributed by atoms with van der Waals surface area (Å²) in [5.74, 6) is 0. The number of nitrogen functional groups attached to an aromatic ring is 1. The van der Waals surface area contributed by atoms with E-state index in [-0.39, 0.29) is 10.6 Å². The second-order valence-electron chi connectivity index (χ2n) is 3.13. The highest BCUT2D eigenvalue weighted by Gasteiger charge is 2.16. The molecule has 1 aromatic heterocycles. The van der Waals surface area contributed by atoms with Crippen LogP contribution < -0.4 is 10.5 Å². The molecule has 2 aromatic rings. The summed E-state index contributed by atoms with van der Waals surface area (Å²) in [6, 6.07) is 6.26. The number of rotatable bonds is 3. The maximum atomic E-state index is 11.9. The molecule has 0 spiro atoms. The first kappa shape index (κ1) is 10.5. The number of anilines is 2. The SMILES string of the molecule is Nc1ccccc1S(=O)(=O)Nc1cn[nH]c1. The Morgan fingerprint density at radius 1 is 1.31 bits per heavy atom. The zero-order valence-corrected chi connectivity index (χ0v) is 9.03. The van der Waals surface area contributed by atoms with Crippen molar-refractivity contribution in [1.29, 1.82) is 0 Å². The van der Waals surface area contributed by atoms with Gasteiger partial charge in [0.1, 0.15) is 4.90 Å². The molecule has 6 nitrogen and oxygen atoms in total. The zero-order chi connectivity index (χ0) is 11.6. The Balaban J connectivity index is 2.37. The minimum absolute atomic E-state index is 0.0520. The number of para-hydroxylation sites is 1. The van der Waals surface area contributed by atoms with Crippen LogP contribution in [0.25, 0.3) is 0 Å². The van der Waals surface area contributed by atoms with Gasteiger partial charge in [-0.25, -0.2) is 8.42 Å². The lowest BCUT2D eigenvalue weighted by atomic mass is 10.3. The molecule has 0 aliphatic rings. The van der Waals surface area contributed by atoms with Crippen molar-refractivity contribution < 1.29 is 8.42 Å². The van der Waals surface area contributed by atoms with E-state index in [1.807, 2.05) is 0 Å². The van der Waals surface area contributed by atoms with Gasteiger partial charge in [0.2, 0.25) is 0 Å². The largest absolute Gasteiger partial charge is 0.398 e. The molecular formula is C9H10N4O2S. The van der Waals surface area contributed by atoms with Gasteiger partial charge < -0.3 is 5.73 Å². The molecule has 2 rings (SSSR count). The normalized spacial score (nSPS) is 11.2. The van der Waals surface area contributed by atoms with Crippen molar-refractivity contribution in [2.75, 3.05) is 10.5 Å². The van der Waals surface area contributed by atoms with E-state index in [9.17, 15) is 8.42 Å². The van der Waals surface area contributed by atoms with Crippen LogP contribution in [0.1, 0.15) is 0 Å². The summed E-state index contributed by atoms with van der Waals surface area (Å²) in [7, 11) is -3.65. The van der Waals surface area contributed by atoms with Gasteiger partial charge in [-0.2, -0.15) is 5.10 Å². The van der Waals surface area contributed by atoms with Gasteiger partial charge in [-0.3, -0.25) is 9.82 Å². The number of H-pyrrole nitrogens is 1. The molecule has 0 bridgehead atoms. The van der Waals surface area contributed by atoms with Crippen LogP contribution in [-0.4, -0.2) is 18.6 Å². The van der Waals surface area contributed by atoms with E-state index < -0.39 is 10.0 Å². The second-order valence-corrected chi connectivity index (χ2v) is 4.78. The summed E-state index contributed by atoms with van der Waals surface area (Å²) >= 11 is 0. The average molecular weight is 238 g/mol. The molecular weight excluding hydrogens is 228 g/mol. The van der Waals surface area contributed by atoms with Crippen LogP contribution in [0.4, 0.5) is 11.4 Å². The van der Waals surface area contributed by atoms with Gasteiger partial charge in [0, 0.05) is 6.20 Å². The maximum absolute atomic E-state index is 11.9. The highest BCUT2D eigenvalue weighted by Crippen LogP contribution is 2.20. The van der Waals surface area contributed by atoms with Crippen LogP contribution in [0.2, 0.25) is 0 Å². The molecule has 1 aromatic carbocycles. The highest BCUT2D eigenvalue weighted by atomic mass is 32.2. The Morgan fingerprint density at radius 3 is 2.69 bits per heavy atom. The number of hydrogen-bond donors (Lipinski definition) is 3. The molecule has 0 aliphatic heterocycles. The smallest absolute Gasteiger partial charge is 0.264 e. The number of aromatic nitrogens is 2. The van der Waals surface area contributed by atoms with Crippen LogP contribution in [0.5, 0.6) is 0 Å². The minimum atomic E-state index is -3.65. The third-order valence-electron chi connectivity index (χ3n) is 1.96. The molecule has 0 saturated heterocycles. The molecule has 0 unspecified atom stereocenters. The Morgan fingerprint density at radius 2 is 2.06 bits per heavy atom. The number of sulfonamides is 1. The summed E-state index contributed by atoms with van der Waals surface area (Å²) in [6.45, 7) is 0. The van der Waals surface area contributed by atoms with Crippen molar-refractivity contribution >= 4 is 21.4 Å². The van der Waals surface area contributed by atoms with Crippen molar-refractivity contribution in [3.05, 3.63) is 36.7 Å². The minimum Gasteiger partial charge on any atom is -0.398 e. The second kappa shape index (κ2) is 3.86. The summed E-state index contributed by atoms with van der Waals surface area (Å²) in [4.78, 5) is 0.0520. The van der Waals surface area contributed by atoms with Crippen molar-refractivity contribution in [1.82, 2.24) is 10.2 Å². The Bertz CT molecular complexity index is 577. The van der Waals surface area contributed by atoms with Crippen molar-refractivity contribution in [2.45, 2.75) is 4.90 Å². The predicted octanol–water partition coefficient (Wildman–Crippen LogP) is 0.793. The predicted molar refractivity (Wildman–Crippen MR) is 60.3 cm³/mol. The van der Waals surface area contributed by atoms with Gasteiger partial charge >= 0.3 is 0 Å². The molecule has 7 heteroatoms. The standard InChI is InChI=1S/C9H10N4O2S/c10-8-3-1-2-4-9(8)16(14,15)13-7-5-11-12-6-7/h1-6,13H,10H2,(H,11,12). The number of nitrogens with zero attached hydrogens (tertiary/aromatic N) is 1. The van der Waals surface area contributed by atoms with Crippen molar-refractivity contribution in [3.8, 4) is 0 Å². The first-order valence-electron chi connectivity index (χ1n) is 4.46. The highest BCUT2D eigenvalue weighted by molar-refractivity contribution is 7.92. The molecule has 0 amide bonds. The monoisotopic (exact) mass is 238 g/mol. The number of aromatic amines is 1. The molecule has 84 valence electrons. The summed E-state index contributed by atoms with van der Waals surface area (Å²) < 4.78 is 26.1. The van der Waals surface area contributed by atoms with E-state index in [0.717, 1.165) is 0 Å². The van der Waals surface area contributed by atoms with E-state index in [1.165, 1.54) is 24.5 Å². The number of nitrogens with two attached hydrogens (primary N) is 1. The first-order chi connectivity index (χ1) is 7.59. The third kappa shape index (κ3) is 1.98. The van der Waals surface area contributed by atoms with Gasteiger partial charge in [0.05, 0.1) is 17.6 Å². The molecule has 4 N–H and O–H groups in total. The average Bonchev–Trinajstić information content (AvgIpc) is 2.70. The van der Waals surface area contributed by atoms with Gasteiger partial charge in [-0.1, -0.05) is 12.1 Å². The fraction of sp³-hybridized carbons (Fsp3) is 0. The fourth-order valence-electron chi connectivity index (χ4n) is 1.24. The Labute approximate surface area is 92.5 Å². The van der Waals surface area contributed by atoms with Crippen molar-refractivity contribution in [3.63, 3.8) is 0 Å². The maximum Gasteiger partial charge on any atom is 0.264 e. The van der Waals surface area contributed by atoms with Gasteiger partial charge in [0.15, 0.2) is 0 Å². The van der Waals surface area contributed by atoms with Crippen molar-refractivity contribution in [2.24, 2.45) is 0 Å². The van der Waals surface area contributed by atoms with Gasteiger partial charge in [-0.15, -0.1) is 0 Å². The summed E-state index contributed by atoms with van der Waals surface area (Å²) in [5, 5.41) is 6.15. The fourth-order valence-corrected chi connectivity index (χ4v) is 2.41. The lowest BCUT2D eigenvalue weighted by molar-refractivity contribution is 0.601. The number of hydrogen-bond acceptors (Lipinski definition) is 4. The van der Waals surface area contributed by atoms with E-state index in [1.54, 1.807) is 12.1 Å². The lowest BCUT2D eigenvalue weighted by Gasteiger charge is -2.07. The van der Waals surface area contributed by atoms with Gasteiger partial charge in [0.25, 0.3) is 10.0 Å². The lowest BCUT2D eigenvalue weighted by Crippen LogP contribution is -2.14. The quantitative estimate of drug-likeness (QED) is 0.688. The molecule has 0 aliphatic carbocycles. The first-order valence-corrected chi connectivity index (χ1v) is 5.94.